The Labute approximate surface area is 182 Å². The molecule has 166 valence electrons. The van der Waals surface area contributed by atoms with Gasteiger partial charge in [-0.2, -0.15) is 0 Å². The molecule has 0 aromatic heterocycles. The molecule has 0 radical (unpaired) electrons. The average Bonchev–Trinajstić information content (AvgIpc) is 3.19. The maximum Gasteiger partial charge on any atom is 0.230 e. The van der Waals surface area contributed by atoms with Crippen LogP contribution in [0.3, 0.4) is 0 Å². The zero-order valence-electron chi connectivity index (χ0n) is 18.7. The quantitative estimate of drug-likeness (QED) is 0.389. The molecule has 2 aliphatic rings. The first-order valence-corrected chi connectivity index (χ1v) is 14.3. The Morgan fingerprint density at radius 1 is 1.03 bits per heavy atom. The number of likely N-dealkylation sites (tertiary alicyclic amines) is 1. The molecular weight excluding hydrogens is 393 g/mol. The normalized spacial score (nSPS) is 24.5. The largest absolute Gasteiger partial charge is 0.332 e. The number of amides is 1. The lowest BCUT2D eigenvalue weighted by Crippen LogP contribution is -2.41. The third kappa shape index (κ3) is 6.54. The van der Waals surface area contributed by atoms with E-state index >= 15 is 0 Å². The van der Waals surface area contributed by atoms with Gasteiger partial charge in [0.1, 0.15) is 0 Å². The lowest BCUT2D eigenvalue weighted by Gasteiger charge is -2.27. The number of hydrogen-bond acceptors (Lipinski definition) is 3. The van der Waals surface area contributed by atoms with Crippen molar-refractivity contribution < 1.29 is 14.2 Å². The van der Waals surface area contributed by atoms with Crippen molar-refractivity contribution in [1.82, 2.24) is 4.90 Å². The number of carbonyl (C=O) groups is 2. The van der Waals surface area contributed by atoms with Crippen LogP contribution in [-0.4, -0.2) is 48.2 Å². The van der Waals surface area contributed by atoms with E-state index in [1.807, 2.05) is 18.2 Å². The van der Waals surface area contributed by atoms with Crippen molar-refractivity contribution in [3.8, 4) is 0 Å². The van der Waals surface area contributed by atoms with Crippen molar-refractivity contribution in [3.63, 3.8) is 0 Å². The molecule has 3 atom stereocenters. The van der Waals surface area contributed by atoms with E-state index in [9.17, 15) is 14.2 Å². The van der Waals surface area contributed by atoms with E-state index in [1.54, 1.807) is 18.5 Å². The maximum absolute atomic E-state index is 13.1. The molecule has 1 saturated carbocycles. The Morgan fingerprint density at radius 2 is 1.73 bits per heavy atom. The maximum atomic E-state index is 13.1. The highest BCUT2D eigenvalue weighted by Crippen LogP contribution is 2.44. The summed E-state index contributed by atoms with van der Waals surface area (Å²) >= 11 is 0. The van der Waals surface area contributed by atoms with Crippen LogP contribution in [0.25, 0.3) is 0 Å². The van der Waals surface area contributed by atoms with E-state index < -0.39 is 7.14 Å². The van der Waals surface area contributed by atoms with Gasteiger partial charge in [-0.3, -0.25) is 9.59 Å². The standard InChI is InChI=1S/C25H38NO3P/c1-20(27)24-17-23(22-14-7-4-8-15-22)18-26(24)25(28)19-30(2,29)16-10-9-13-21-11-5-3-6-12-21/h3,5-6,11-12,22-24H,4,7-10,13-19H2,1-2H3/t23-,24+,30?/m1/s1. The molecule has 1 aromatic carbocycles. The number of hydrogen-bond donors (Lipinski definition) is 0. The summed E-state index contributed by atoms with van der Waals surface area (Å²) in [7, 11) is -2.53. The number of nitrogens with zero attached hydrogens (tertiary/aromatic N) is 1. The van der Waals surface area contributed by atoms with Gasteiger partial charge in [-0.25, -0.2) is 0 Å². The Balaban J connectivity index is 1.50. The van der Waals surface area contributed by atoms with Crippen LogP contribution < -0.4 is 0 Å². The van der Waals surface area contributed by atoms with E-state index in [1.165, 1.54) is 37.7 Å². The highest BCUT2D eigenvalue weighted by molar-refractivity contribution is 7.64. The minimum atomic E-state index is -2.53. The summed E-state index contributed by atoms with van der Waals surface area (Å²) in [5, 5.41) is 0. The third-order valence-electron chi connectivity index (χ3n) is 7.10. The smallest absolute Gasteiger partial charge is 0.230 e. The Hall–Kier alpha value is -1.41. The van der Waals surface area contributed by atoms with Crippen LogP contribution in [-0.2, 0) is 20.6 Å². The van der Waals surface area contributed by atoms with Crippen LogP contribution in [0.2, 0.25) is 0 Å². The summed E-state index contributed by atoms with van der Waals surface area (Å²) in [6.45, 7) is 4.05. The summed E-state index contributed by atoms with van der Waals surface area (Å²) in [6.07, 6.45) is 10.7. The predicted octanol–water partition coefficient (Wildman–Crippen LogP) is 5.39. The lowest BCUT2D eigenvalue weighted by atomic mass is 9.79. The molecule has 3 rings (SSSR count). The number of unbranched alkanes of at least 4 members (excludes halogenated alkanes) is 1. The van der Waals surface area contributed by atoms with Crippen molar-refractivity contribution in [2.45, 2.75) is 70.8 Å². The van der Waals surface area contributed by atoms with Crippen LogP contribution in [0.4, 0.5) is 0 Å². The second kappa shape index (κ2) is 10.8. The van der Waals surface area contributed by atoms with Gasteiger partial charge < -0.3 is 9.46 Å². The summed E-state index contributed by atoms with van der Waals surface area (Å²) in [5.74, 6) is 1.09. The van der Waals surface area contributed by atoms with Crippen molar-refractivity contribution in [1.29, 1.82) is 0 Å². The summed E-state index contributed by atoms with van der Waals surface area (Å²) in [6, 6.07) is 10.0. The molecule has 1 aliphatic heterocycles. The van der Waals surface area contributed by atoms with Crippen LogP contribution in [0.5, 0.6) is 0 Å². The third-order valence-corrected chi connectivity index (χ3v) is 9.30. The second-order valence-electron chi connectivity index (χ2n) is 9.69. The van der Waals surface area contributed by atoms with E-state index in [4.69, 9.17) is 0 Å². The molecule has 1 unspecified atom stereocenters. The molecule has 1 aliphatic carbocycles. The molecule has 30 heavy (non-hydrogen) atoms. The summed E-state index contributed by atoms with van der Waals surface area (Å²) < 4.78 is 13.1. The van der Waals surface area contributed by atoms with Crippen molar-refractivity contribution in [2.75, 3.05) is 25.5 Å². The van der Waals surface area contributed by atoms with E-state index in [0.29, 0.717) is 24.5 Å². The molecule has 2 fully saturated rings. The minimum absolute atomic E-state index is 0.0672. The number of carbonyl (C=O) groups excluding carboxylic acids is 2. The molecule has 1 aromatic rings. The molecule has 0 bridgehead atoms. The first kappa shape index (κ1) is 23.3. The fourth-order valence-corrected chi connectivity index (χ4v) is 7.16. The number of ketones is 1. The average molecular weight is 432 g/mol. The van der Waals surface area contributed by atoms with Crippen LogP contribution in [0.15, 0.2) is 30.3 Å². The summed E-state index contributed by atoms with van der Waals surface area (Å²) in [4.78, 5) is 27.1. The first-order chi connectivity index (χ1) is 14.4. The second-order valence-corrected chi connectivity index (χ2v) is 13.0. The fraction of sp³-hybridized carbons (Fsp3) is 0.680. The Kier molecular flexibility index (Phi) is 8.34. The highest BCUT2D eigenvalue weighted by atomic mass is 31.2. The lowest BCUT2D eigenvalue weighted by molar-refractivity contribution is -0.134. The predicted molar refractivity (Wildman–Crippen MR) is 124 cm³/mol. The van der Waals surface area contributed by atoms with Crippen molar-refractivity contribution >= 4 is 18.8 Å². The molecule has 4 nitrogen and oxygen atoms in total. The Bertz CT molecular complexity index is 757. The van der Waals surface area contributed by atoms with E-state index in [0.717, 1.165) is 25.7 Å². The van der Waals surface area contributed by atoms with Gasteiger partial charge >= 0.3 is 0 Å². The molecule has 1 heterocycles. The molecule has 1 saturated heterocycles. The topological polar surface area (TPSA) is 54.5 Å². The number of Topliss-reactive ketones (excluding diaryl/α,β-unsaturated/α-hetero) is 1. The van der Waals surface area contributed by atoms with E-state index in [-0.39, 0.29) is 23.9 Å². The van der Waals surface area contributed by atoms with E-state index in [2.05, 4.69) is 12.1 Å². The van der Waals surface area contributed by atoms with Crippen molar-refractivity contribution in [3.05, 3.63) is 35.9 Å². The van der Waals surface area contributed by atoms with Gasteiger partial charge in [0.2, 0.25) is 5.91 Å². The molecule has 0 spiro atoms. The Morgan fingerprint density at radius 3 is 2.40 bits per heavy atom. The molecular formula is C25H38NO3P. The highest BCUT2D eigenvalue weighted by Gasteiger charge is 2.41. The zero-order valence-corrected chi connectivity index (χ0v) is 19.6. The SMILES string of the molecule is CC(=O)[C@@H]1C[C@@H](C2CCCCC2)CN1C(=O)CP(C)(=O)CCCCc1ccccc1. The monoisotopic (exact) mass is 431 g/mol. The van der Waals surface area contributed by atoms with Crippen LogP contribution in [0, 0.1) is 11.8 Å². The molecule has 1 amide bonds. The van der Waals surface area contributed by atoms with Gasteiger partial charge in [-0.1, -0.05) is 62.4 Å². The molecule has 5 heteroatoms. The van der Waals surface area contributed by atoms with Gasteiger partial charge in [-0.15, -0.1) is 0 Å². The van der Waals surface area contributed by atoms with Gasteiger partial charge in [0, 0.05) is 12.7 Å². The van der Waals surface area contributed by atoms with Gasteiger partial charge in [-0.05, 0) is 56.7 Å². The van der Waals surface area contributed by atoms with Crippen LogP contribution >= 0.6 is 7.14 Å². The van der Waals surface area contributed by atoms with Crippen molar-refractivity contribution in [2.24, 2.45) is 11.8 Å². The number of benzene rings is 1. The van der Waals surface area contributed by atoms with Gasteiger partial charge in [0.05, 0.1) is 19.3 Å². The first-order valence-electron chi connectivity index (χ1n) is 11.7. The number of rotatable bonds is 9. The number of aryl methyl sites for hydroxylation is 1. The molecule has 0 N–H and O–H groups in total. The minimum Gasteiger partial charge on any atom is -0.332 e. The fourth-order valence-electron chi connectivity index (χ4n) is 5.35. The van der Waals surface area contributed by atoms with Gasteiger partial charge in [0.25, 0.3) is 0 Å². The summed E-state index contributed by atoms with van der Waals surface area (Å²) in [5.41, 5.74) is 1.30. The van der Waals surface area contributed by atoms with Gasteiger partial charge in [0.15, 0.2) is 5.78 Å². The van der Waals surface area contributed by atoms with Crippen LogP contribution in [0.1, 0.15) is 63.9 Å². The zero-order chi connectivity index (χ0) is 21.6.